The second-order valence-corrected chi connectivity index (χ2v) is 7.11. The summed E-state index contributed by atoms with van der Waals surface area (Å²) in [5, 5.41) is 0.463. The number of halogens is 3. The lowest BCUT2D eigenvalue weighted by Crippen LogP contribution is -2.53. The molecule has 26 heavy (non-hydrogen) atoms. The molecule has 0 spiro atoms. The lowest BCUT2D eigenvalue weighted by molar-refractivity contribution is -0.141. The van der Waals surface area contributed by atoms with E-state index in [0.717, 1.165) is 25.7 Å². The molecule has 1 N–H and O–H groups in total. The van der Waals surface area contributed by atoms with Gasteiger partial charge in [0.2, 0.25) is 5.91 Å². The average molecular weight is 366 g/mol. The molecule has 0 aromatic carbocycles. The number of rotatable bonds is 3. The van der Waals surface area contributed by atoms with E-state index in [1.807, 2.05) is 4.90 Å². The van der Waals surface area contributed by atoms with Gasteiger partial charge in [0.25, 0.3) is 0 Å². The van der Waals surface area contributed by atoms with Crippen LogP contribution in [-0.4, -0.2) is 51.4 Å². The number of H-pyrrole nitrogens is 1. The van der Waals surface area contributed by atoms with E-state index in [-0.39, 0.29) is 30.2 Å². The van der Waals surface area contributed by atoms with Crippen LogP contribution < -0.4 is 0 Å². The Bertz CT molecular complexity index is 810. The minimum Gasteiger partial charge on any atom is -0.337 e. The van der Waals surface area contributed by atoms with E-state index < -0.39 is 11.9 Å². The summed E-state index contributed by atoms with van der Waals surface area (Å²) in [6, 6.07) is 3.58. The van der Waals surface area contributed by atoms with Crippen molar-refractivity contribution in [2.24, 2.45) is 0 Å². The third-order valence-corrected chi connectivity index (χ3v) is 5.45. The number of alkyl halides is 3. The normalized spacial score (nSPS) is 20.4. The predicted octanol–water partition coefficient (Wildman–Crippen LogP) is 3.17. The number of fused-ring (bicyclic) bond motifs is 1. The number of nitrogens with one attached hydrogen (secondary N) is 1. The minimum absolute atomic E-state index is 0.0228. The van der Waals surface area contributed by atoms with Crippen LogP contribution in [0, 0.1) is 0 Å². The predicted molar refractivity (Wildman–Crippen MR) is 90.3 cm³/mol. The van der Waals surface area contributed by atoms with Gasteiger partial charge in [0, 0.05) is 42.8 Å². The van der Waals surface area contributed by atoms with Gasteiger partial charge in [0.1, 0.15) is 11.3 Å². The first-order valence-electron chi connectivity index (χ1n) is 8.98. The number of pyridine rings is 1. The molecule has 140 valence electrons. The first kappa shape index (κ1) is 17.3. The van der Waals surface area contributed by atoms with Crippen molar-refractivity contribution in [1.82, 2.24) is 19.8 Å². The molecule has 4 rings (SSSR count). The van der Waals surface area contributed by atoms with Crippen LogP contribution in [0.5, 0.6) is 0 Å². The van der Waals surface area contributed by atoms with E-state index in [0.29, 0.717) is 24.5 Å². The van der Waals surface area contributed by atoms with Gasteiger partial charge in [-0.25, -0.2) is 4.98 Å². The molecule has 0 bridgehead atoms. The number of hydrogen-bond acceptors (Lipinski definition) is 3. The van der Waals surface area contributed by atoms with E-state index in [1.54, 1.807) is 17.0 Å². The summed E-state index contributed by atoms with van der Waals surface area (Å²) in [5.41, 5.74) is -0.370. The molecule has 2 aromatic heterocycles. The first-order chi connectivity index (χ1) is 12.4. The van der Waals surface area contributed by atoms with Crippen molar-refractivity contribution in [3.63, 3.8) is 0 Å². The number of amides is 1. The Hall–Kier alpha value is -2.09. The Kier molecular flexibility index (Phi) is 4.38. The molecular formula is C18H21F3N4O. The fourth-order valence-electron chi connectivity index (χ4n) is 4.18. The van der Waals surface area contributed by atoms with Gasteiger partial charge in [0.15, 0.2) is 0 Å². The van der Waals surface area contributed by atoms with Gasteiger partial charge in [-0.1, -0.05) is 12.8 Å². The van der Waals surface area contributed by atoms with Gasteiger partial charge in [-0.05, 0) is 25.0 Å². The molecule has 1 saturated carbocycles. The molecule has 1 saturated heterocycles. The van der Waals surface area contributed by atoms with Crippen LogP contribution in [0.25, 0.3) is 11.0 Å². The monoisotopic (exact) mass is 366 g/mol. The van der Waals surface area contributed by atoms with Gasteiger partial charge in [-0.3, -0.25) is 9.69 Å². The van der Waals surface area contributed by atoms with Crippen molar-refractivity contribution < 1.29 is 18.0 Å². The van der Waals surface area contributed by atoms with Gasteiger partial charge >= 0.3 is 6.18 Å². The van der Waals surface area contributed by atoms with Crippen LogP contribution in [0.1, 0.15) is 36.9 Å². The number of carbonyl (C=O) groups excluding carboxylic acids is 1. The van der Waals surface area contributed by atoms with E-state index in [2.05, 4.69) is 9.97 Å². The van der Waals surface area contributed by atoms with E-state index in [9.17, 15) is 18.0 Å². The molecule has 3 heterocycles. The number of carbonyl (C=O) groups is 1. The van der Waals surface area contributed by atoms with Crippen molar-refractivity contribution in [2.45, 2.75) is 44.4 Å². The molecular weight excluding hydrogens is 345 g/mol. The van der Waals surface area contributed by atoms with Crippen LogP contribution in [0.2, 0.25) is 0 Å². The molecule has 8 heteroatoms. The standard InChI is InChI=1S/C18H21F3N4O/c19-18(20,21)16-14(13-6-3-7-22-17(13)23-16)10-24-8-9-25(15(26)11-24)12-4-1-2-5-12/h3,6-7,12H,1-2,4-5,8-11H2,(H,22,23). The molecule has 0 unspecified atom stereocenters. The lowest BCUT2D eigenvalue weighted by atomic mass is 10.1. The maximum Gasteiger partial charge on any atom is 0.431 e. The minimum atomic E-state index is -4.48. The summed E-state index contributed by atoms with van der Waals surface area (Å²) >= 11 is 0. The first-order valence-corrected chi connectivity index (χ1v) is 8.98. The smallest absolute Gasteiger partial charge is 0.337 e. The Balaban J connectivity index is 1.55. The van der Waals surface area contributed by atoms with Crippen molar-refractivity contribution in [3.05, 3.63) is 29.6 Å². The fourth-order valence-corrected chi connectivity index (χ4v) is 4.18. The highest BCUT2D eigenvalue weighted by Crippen LogP contribution is 2.36. The number of hydrogen-bond donors (Lipinski definition) is 1. The third kappa shape index (κ3) is 3.18. The second kappa shape index (κ2) is 6.57. The Morgan fingerprint density at radius 1 is 1.23 bits per heavy atom. The summed E-state index contributed by atoms with van der Waals surface area (Å²) in [7, 11) is 0. The highest BCUT2D eigenvalue weighted by atomic mass is 19.4. The molecule has 2 aromatic rings. The largest absolute Gasteiger partial charge is 0.431 e. The Morgan fingerprint density at radius 3 is 2.69 bits per heavy atom. The average Bonchev–Trinajstić information content (AvgIpc) is 3.23. The summed E-state index contributed by atoms with van der Waals surface area (Å²) in [6.45, 7) is 1.43. The Morgan fingerprint density at radius 2 is 2.00 bits per heavy atom. The van der Waals surface area contributed by atoms with Crippen molar-refractivity contribution in [1.29, 1.82) is 0 Å². The van der Waals surface area contributed by atoms with Gasteiger partial charge < -0.3 is 9.88 Å². The van der Waals surface area contributed by atoms with Crippen LogP contribution in [0.4, 0.5) is 13.2 Å². The molecule has 2 fully saturated rings. The van der Waals surface area contributed by atoms with Gasteiger partial charge in [-0.2, -0.15) is 13.2 Å². The molecule has 5 nitrogen and oxygen atoms in total. The van der Waals surface area contributed by atoms with Crippen molar-refractivity contribution in [2.75, 3.05) is 19.6 Å². The van der Waals surface area contributed by atoms with Crippen LogP contribution in [0.15, 0.2) is 18.3 Å². The number of nitrogens with zero attached hydrogens (tertiary/aromatic N) is 3. The van der Waals surface area contributed by atoms with E-state index >= 15 is 0 Å². The van der Waals surface area contributed by atoms with E-state index in [4.69, 9.17) is 0 Å². The molecule has 0 radical (unpaired) electrons. The lowest BCUT2D eigenvalue weighted by Gasteiger charge is -2.37. The fraction of sp³-hybridized carbons (Fsp3) is 0.556. The topological polar surface area (TPSA) is 52.2 Å². The third-order valence-electron chi connectivity index (χ3n) is 5.45. The zero-order valence-electron chi connectivity index (χ0n) is 14.4. The maximum absolute atomic E-state index is 13.4. The number of piperazine rings is 1. The van der Waals surface area contributed by atoms with Gasteiger partial charge in [-0.15, -0.1) is 0 Å². The van der Waals surface area contributed by atoms with Gasteiger partial charge in [0.05, 0.1) is 6.54 Å². The SMILES string of the molecule is O=C1CN(Cc2c(C(F)(F)F)[nH]c3ncccc23)CCN1C1CCCC1. The second-order valence-electron chi connectivity index (χ2n) is 7.11. The van der Waals surface area contributed by atoms with Crippen LogP contribution in [0.3, 0.4) is 0 Å². The summed E-state index contributed by atoms with van der Waals surface area (Å²) in [6.07, 6.45) is 1.36. The molecule has 2 aliphatic rings. The number of aromatic amines is 1. The summed E-state index contributed by atoms with van der Waals surface area (Å²) in [4.78, 5) is 22.6. The zero-order chi connectivity index (χ0) is 18.3. The molecule has 0 atom stereocenters. The highest BCUT2D eigenvalue weighted by molar-refractivity contribution is 5.82. The quantitative estimate of drug-likeness (QED) is 0.908. The zero-order valence-corrected chi connectivity index (χ0v) is 14.4. The maximum atomic E-state index is 13.4. The molecule has 1 aliphatic heterocycles. The van der Waals surface area contributed by atoms with Crippen molar-refractivity contribution >= 4 is 16.9 Å². The molecule has 1 aliphatic carbocycles. The Labute approximate surface area is 149 Å². The number of aromatic nitrogens is 2. The highest BCUT2D eigenvalue weighted by Gasteiger charge is 2.38. The van der Waals surface area contributed by atoms with E-state index in [1.165, 1.54) is 6.20 Å². The molecule has 1 amide bonds. The summed E-state index contributed by atoms with van der Waals surface area (Å²) < 4.78 is 40.3. The summed E-state index contributed by atoms with van der Waals surface area (Å²) in [5.74, 6) is 0.0228. The van der Waals surface area contributed by atoms with Crippen LogP contribution >= 0.6 is 0 Å². The van der Waals surface area contributed by atoms with Crippen LogP contribution in [-0.2, 0) is 17.5 Å². The van der Waals surface area contributed by atoms with Crippen molar-refractivity contribution in [3.8, 4) is 0 Å².